The highest BCUT2D eigenvalue weighted by Gasteiger charge is 2.68. The number of nitrogens with zero attached hydrogens (tertiary/aromatic N) is 1. The molecule has 8 nitrogen and oxygen atoms in total. The van der Waals surface area contributed by atoms with Gasteiger partial charge in [0.15, 0.2) is 0 Å². The first-order chi connectivity index (χ1) is 8.16. The van der Waals surface area contributed by atoms with Gasteiger partial charge in [-0.2, -0.15) is 8.42 Å². The molecule has 3 atom stereocenters. The summed E-state index contributed by atoms with van der Waals surface area (Å²) in [7, 11) is -3.61. The highest BCUT2D eigenvalue weighted by atomic mass is 32.2. The number of aliphatic carboxylic acids is 1. The summed E-state index contributed by atoms with van der Waals surface area (Å²) in [4.78, 5) is 22.8. The van der Waals surface area contributed by atoms with E-state index in [4.69, 9.17) is 10.2 Å². The highest BCUT2D eigenvalue weighted by Crippen LogP contribution is 2.59. The maximum Gasteiger partial charge on any atom is 0.408 e. The van der Waals surface area contributed by atoms with Crippen LogP contribution in [0, 0.1) is 5.41 Å². The standard InChI is InChI=1S/C9H13NO7S/c1-18(15,16)17-4-9-2-5(7(11)12)10(8(13)14)6(9)3-9/h5-6H,2-4H2,1H3,(H,11,12)(H,13,14)/t5-,6-,9+/m0/s1. The van der Waals surface area contributed by atoms with E-state index in [1.165, 1.54) is 0 Å². The van der Waals surface area contributed by atoms with E-state index in [2.05, 4.69) is 4.18 Å². The maximum absolute atomic E-state index is 11.0. The van der Waals surface area contributed by atoms with Crippen LogP contribution in [0.25, 0.3) is 0 Å². The summed E-state index contributed by atoms with van der Waals surface area (Å²) in [5.74, 6) is -1.22. The number of hydrogen-bond donors (Lipinski definition) is 2. The van der Waals surface area contributed by atoms with Crippen molar-refractivity contribution in [2.45, 2.75) is 24.9 Å². The van der Waals surface area contributed by atoms with E-state index in [1.54, 1.807) is 0 Å². The largest absolute Gasteiger partial charge is 0.480 e. The molecule has 1 aliphatic heterocycles. The van der Waals surface area contributed by atoms with Crippen molar-refractivity contribution in [3.05, 3.63) is 0 Å². The molecule has 1 aliphatic carbocycles. The van der Waals surface area contributed by atoms with Crippen LogP contribution in [0.1, 0.15) is 12.8 Å². The zero-order chi connectivity index (χ0) is 13.7. The molecule has 2 aliphatic rings. The second-order valence-electron chi connectivity index (χ2n) is 4.80. The van der Waals surface area contributed by atoms with E-state index >= 15 is 0 Å². The Labute approximate surface area is 103 Å². The molecule has 1 saturated carbocycles. The highest BCUT2D eigenvalue weighted by molar-refractivity contribution is 7.85. The van der Waals surface area contributed by atoms with Gasteiger partial charge in [-0.25, -0.2) is 9.59 Å². The predicted molar refractivity (Wildman–Crippen MR) is 57.5 cm³/mol. The molecule has 0 aromatic carbocycles. The molecule has 0 bridgehead atoms. The lowest BCUT2D eigenvalue weighted by Crippen LogP contribution is -2.42. The number of likely N-dealkylation sites (tertiary alicyclic amines) is 1. The van der Waals surface area contributed by atoms with Gasteiger partial charge in [-0.1, -0.05) is 0 Å². The number of fused-ring (bicyclic) bond motifs is 1. The number of amides is 1. The molecular formula is C9H13NO7S. The van der Waals surface area contributed by atoms with E-state index in [9.17, 15) is 18.0 Å². The van der Waals surface area contributed by atoms with Gasteiger partial charge in [-0.3, -0.25) is 9.08 Å². The van der Waals surface area contributed by atoms with E-state index in [-0.39, 0.29) is 13.0 Å². The lowest BCUT2D eigenvalue weighted by molar-refractivity contribution is -0.142. The Hall–Kier alpha value is -1.35. The van der Waals surface area contributed by atoms with Gasteiger partial charge in [0.1, 0.15) is 6.04 Å². The van der Waals surface area contributed by atoms with Crippen molar-refractivity contribution in [3.8, 4) is 0 Å². The topological polar surface area (TPSA) is 121 Å². The molecule has 2 N–H and O–H groups in total. The van der Waals surface area contributed by atoms with Crippen molar-refractivity contribution < 1.29 is 32.4 Å². The summed E-state index contributed by atoms with van der Waals surface area (Å²) in [6, 6.07) is -1.58. The summed E-state index contributed by atoms with van der Waals surface area (Å²) in [6.07, 6.45) is 0.138. The fourth-order valence-corrected chi connectivity index (χ4v) is 3.00. The fourth-order valence-electron chi connectivity index (χ4n) is 2.55. The molecule has 2 fully saturated rings. The van der Waals surface area contributed by atoms with E-state index < -0.39 is 39.7 Å². The van der Waals surface area contributed by atoms with Crippen molar-refractivity contribution in [1.82, 2.24) is 4.90 Å². The molecule has 18 heavy (non-hydrogen) atoms. The minimum absolute atomic E-state index is 0.0921. The van der Waals surface area contributed by atoms with E-state index in [1.807, 2.05) is 0 Å². The molecule has 0 unspecified atom stereocenters. The van der Waals surface area contributed by atoms with E-state index in [0.29, 0.717) is 6.42 Å². The molecule has 0 aromatic heterocycles. The molecule has 9 heteroatoms. The quantitative estimate of drug-likeness (QED) is 0.669. The molecule has 1 amide bonds. The molecule has 0 spiro atoms. The van der Waals surface area contributed by atoms with Gasteiger partial charge in [0.2, 0.25) is 0 Å². The summed E-state index contributed by atoms with van der Waals surface area (Å²) in [6.45, 7) is -0.163. The minimum Gasteiger partial charge on any atom is -0.480 e. The Morgan fingerprint density at radius 2 is 2.00 bits per heavy atom. The van der Waals surface area contributed by atoms with Crippen LogP contribution >= 0.6 is 0 Å². The van der Waals surface area contributed by atoms with Crippen molar-refractivity contribution in [1.29, 1.82) is 0 Å². The van der Waals surface area contributed by atoms with Gasteiger partial charge in [0, 0.05) is 11.5 Å². The number of rotatable bonds is 4. The Bertz CT molecular complexity index is 501. The number of hydrogen-bond acceptors (Lipinski definition) is 5. The molecule has 0 aromatic rings. The van der Waals surface area contributed by atoms with E-state index in [0.717, 1.165) is 11.2 Å². The fraction of sp³-hybridized carbons (Fsp3) is 0.778. The normalized spacial score (nSPS) is 34.2. The number of carboxylic acid groups (broad SMARTS) is 2. The average Bonchev–Trinajstić information content (AvgIpc) is 2.80. The Balaban J connectivity index is 2.12. The second kappa shape index (κ2) is 3.82. The van der Waals surface area contributed by atoms with Crippen LogP contribution in [0.2, 0.25) is 0 Å². The predicted octanol–water partition coefficient (Wildman–Crippen LogP) is -0.442. The van der Waals surface area contributed by atoms with Gasteiger partial charge in [0.05, 0.1) is 12.9 Å². The summed E-state index contributed by atoms with van der Waals surface area (Å²) >= 11 is 0. The number of piperidine rings is 1. The van der Waals surface area contributed by atoms with Gasteiger partial charge >= 0.3 is 12.1 Å². The average molecular weight is 279 g/mol. The molecular weight excluding hydrogens is 266 g/mol. The van der Waals surface area contributed by atoms with Crippen LogP contribution in [-0.4, -0.2) is 60.5 Å². The molecule has 0 radical (unpaired) electrons. The Kier molecular flexibility index (Phi) is 2.78. The lowest BCUT2D eigenvalue weighted by Gasteiger charge is -2.20. The minimum atomic E-state index is -3.61. The second-order valence-corrected chi connectivity index (χ2v) is 6.44. The zero-order valence-corrected chi connectivity index (χ0v) is 10.4. The maximum atomic E-state index is 11.0. The van der Waals surface area contributed by atoms with Crippen LogP contribution in [0.15, 0.2) is 0 Å². The molecule has 102 valence electrons. The monoisotopic (exact) mass is 279 g/mol. The Morgan fingerprint density at radius 3 is 2.39 bits per heavy atom. The first-order valence-electron chi connectivity index (χ1n) is 5.25. The molecule has 2 rings (SSSR count). The first-order valence-corrected chi connectivity index (χ1v) is 7.06. The van der Waals surface area contributed by atoms with Crippen LogP contribution in [-0.2, 0) is 19.1 Å². The first kappa shape index (κ1) is 13.1. The summed E-state index contributed by atoms with van der Waals surface area (Å²) in [5, 5.41) is 17.9. The summed E-state index contributed by atoms with van der Waals surface area (Å²) in [5.41, 5.74) is -0.662. The van der Waals surface area contributed by atoms with Crippen molar-refractivity contribution in [2.75, 3.05) is 12.9 Å². The van der Waals surface area contributed by atoms with Gasteiger partial charge in [-0.05, 0) is 12.8 Å². The van der Waals surface area contributed by atoms with Crippen LogP contribution in [0.3, 0.4) is 0 Å². The smallest absolute Gasteiger partial charge is 0.408 e. The molecule has 1 saturated heterocycles. The van der Waals surface area contributed by atoms with Gasteiger partial charge in [0.25, 0.3) is 10.1 Å². The zero-order valence-electron chi connectivity index (χ0n) is 9.57. The van der Waals surface area contributed by atoms with Crippen LogP contribution in [0.5, 0.6) is 0 Å². The third kappa shape index (κ3) is 2.15. The Morgan fingerprint density at radius 1 is 1.39 bits per heavy atom. The molecule has 1 heterocycles. The lowest BCUT2D eigenvalue weighted by atomic mass is 10.0. The summed E-state index contributed by atoms with van der Waals surface area (Å²) < 4.78 is 26.5. The van der Waals surface area contributed by atoms with Crippen molar-refractivity contribution >= 4 is 22.2 Å². The number of carboxylic acids is 1. The third-order valence-corrected chi connectivity index (χ3v) is 4.03. The van der Waals surface area contributed by atoms with Gasteiger partial charge in [-0.15, -0.1) is 0 Å². The SMILES string of the molecule is CS(=O)(=O)OC[C@@]12C[C@@H]1N(C(=O)O)[C@H](C(=O)O)C2. The number of carbonyl (C=O) groups is 2. The third-order valence-electron chi connectivity index (χ3n) is 3.48. The van der Waals surface area contributed by atoms with Crippen LogP contribution in [0.4, 0.5) is 4.79 Å². The van der Waals surface area contributed by atoms with Gasteiger partial charge < -0.3 is 10.2 Å². The van der Waals surface area contributed by atoms with Crippen LogP contribution < -0.4 is 0 Å². The van der Waals surface area contributed by atoms with Crippen molar-refractivity contribution in [2.24, 2.45) is 5.41 Å². The van der Waals surface area contributed by atoms with Crippen molar-refractivity contribution in [3.63, 3.8) is 0 Å².